The molecular weight excluding hydrogens is 150 g/mol. The number of hydrogen-bond donors (Lipinski definition) is 1. The maximum atomic E-state index is 10.8. The van der Waals surface area contributed by atoms with Gasteiger partial charge in [0.05, 0.1) is 12.0 Å². The fourth-order valence-electron chi connectivity index (χ4n) is 0.704. The standard InChI is InChI=1S/C6H9NO2S/c1-9-6(8)5-2-4(7)3-10-5/h2,4H,3,7H2,1H3/t4-/m0/s1. The Morgan fingerprint density at radius 3 is 3.10 bits per heavy atom. The van der Waals surface area contributed by atoms with Gasteiger partial charge in [-0.05, 0) is 6.08 Å². The molecule has 0 saturated heterocycles. The van der Waals surface area contributed by atoms with E-state index in [4.69, 9.17) is 5.73 Å². The van der Waals surface area contributed by atoms with Gasteiger partial charge in [0, 0.05) is 11.8 Å². The van der Waals surface area contributed by atoms with Crippen LogP contribution in [0.2, 0.25) is 0 Å². The van der Waals surface area contributed by atoms with E-state index in [2.05, 4.69) is 4.74 Å². The van der Waals surface area contributed by atoms with Gasteiger partial charge >= 0.3 is 5.97 Å². The number of nitrogens with two attached hydrogens (primary N) is 1. The lowest BCUT2D eigenvalue weighted by atomic mass is 10.3. The molecule has 0 saturated carbocycles. The highest BCUT2D eigenvalue weighted by atomic mass is 32.2. The summed E-state index contributed by atoms with van der Waals surface area (Å²) in [4.78, 5) is 11.4. The van der Waals surface area contributed by atoms with Gasteiger partial charge in [0.15, 0.2) is 0 Å². The average molecular weight is 159 g/mol. The Kier molecular flexibility index (Phi) is 2.34. The molecule has 4 heteroatoms. The van der Waals surface area contributed by atoms with E-state index in [-0.39, 0.29) is 12.0 Å². The number of thioether (sulfide) groups is 1. The van der Waals surface area contributed by atoms with E-state index in [0.717, 1.165) is 5.75 Å². The maximum absolute atomic E-state index is 10.8. The Labute approximate surface area is 63.6 Å². The summed E-state index contributed by atoms with van der Waals surface area (Å²) in [6, 6.07) is 0.0131. The molecule has 1 heterocycles. The molecule has 0 bridgehead atoms. The molecule has 56 valence electrons. The zero-order valence-corrected chi connectivity index (χ0v) is 6.48. The quantitative estimate of drug-likeness (QED) is 0.552. The SMILES string of the molecule is COC(=O)C1=C[C@H](N)CS1. The Bertz CT molecular complexity index is 179. The maximum Gasteiger partial charge on any atom is 0.344 e. The van der Waals surface area contributed by atoms with Gasteiger partial charge in [0.2, 0.25) is 0 Å². The van der Waals surface area contributed by atoms with Crippen molar-refractivity contribution >= 4 is 17.7 Å². The Morgan fingerprint density at radius 2 is 2.70 bits per heavy atom. The summed E-state index contributed by atoms with van der Waals surface area (Å²) in [5.41, 5.74) is 5.51. The lowest BCUT2D eigenvalue weighted by Crippen LogP contribution is -2.15. The minimum absolute atomic E-state index is 0.0131. The summed E-state index contributed by atoms with van der Waals surface area (Å²) in [7, 11) is 1.37. The summed E-state index contributed by atoms with van der Waals surface area (Å²) in [5.74, 6) is 0.503. The van der Waals surface area contributed by atoms with Crippen LogP contribution in [0.4, 0.5) is 0 Å². The highest BCUT2D eigenvalue weighted by Gasteiger charge is 2.18. The van der Waals surface area contributed by atoms with Crippen LogP contribution >= 0.6 is 11.8 Å². The van der Waals surface area contributed by atoms with Crippen molar-refractivity contribution in [2.45, 2.75) is 6.04 Å². The Morgan fingerprint density at radius 1 is 2.00 bits per heavy atom. The van der Waals surface area contributed by atoms with E-state index in [1.165, 1.54) is 18.9 Å². The lowest BCUT2D eigenvalue weighted by Gasteiger charge is -1.95. The van der Waals surface area contributed by atoms with Gasteiger partial charge in [-0.1, -0.05) is 0 Å². The monoisotopic (exact) mass is 159 g/mol. The van der Waals surface area contributed by atoms with Gasteiger partial charge in [-0.2, -0.15) is 0 Å². The second kappa shape index (κ2) is 3.07. The van der Waals surface area contributed by atoms with Crippen LogP contribution in [0.3, 0.4) is 0 Å². The molecule has 0 aliphatic carbocycles. The van der Waals surface area contributed by atoms with E-state index in [1.807, 2.05) is 0 Å². The van der Waals surface area contributed by atoms with E-state index < -0.39 is 0 Å². The fourth-order valence-corrected chi connectivity index (χ4v) is 1.64. The van der Waals surface area contributed by atoms with Gasteiger partial charge in [0.25, 0.3) is 0 Å². The highest BCUT2D eigenvalue weighted by Crippen LogP contribution is 2.24. The number of hydrogen-bond acceptors (Lipinski definition) is 4. The molecule has 0 aromatic carbocycles. The normalized spacial score (nSPS) is 24.2. The van der Waals surface area contributed by atoms with Crippen molar-refractivity contribution in [1.29, 1.82) is 0 Å². The highest BCUT2D eigenvalue weighted by molar-refractivity contribution is 8.04. The summed E-state index contributed by atoms with van der Waals surface area (Å²) in [6.07, 6.45) is 1.73. The van der Waals surface area contributed by atoms with Crippen LogP contribution in [0, 0.1) is 0 Å². The molecule has 0 fully saturated rings. The Hall–Kier alpha value is -0.480. The van der Waals surface area contributed by atoms with Crippen LogP contribution in [0.15, 0.2) is 11.0 Å². The molecule has 0 unspecified atom stereocenters. The largest absolute Gasteiger partial charge is 0.465 e. The molecule has 2 N–H and O–H groups in total. The molecule has 1 rings (SSSR count). The smallest absolute Gasteiger partial charge is 0.344 e. The summed E-state index contributed by atoms with van der Waals surface area (Å²) in [6.45, 7) is 0. The van der Waals surface area contributed by atoms with Crippen LogP contribution in [-0.4, -0.2) is 24.9 Å². The third-order valence-corrected chi connectivity index (χ3v) is 2.35. The molecule has 3 nitrogen and oxygen atoms in total. The molecule has 1 atom stereocenters. The van der Waals surface area contributed by atoms with Gasteiger partial charge < -0.3 is 10.5 Å². The van der Waals surface area contributed by atoms with Crippen LogP contribution in [0.25, 0.3) is 0 Å². The van der Waals surface area contributed by atoms with Crippen molar-refractivity contribution in [3.8, 4) is 0 Å². The molecular formula is C6H9NO2S. The molecule has 0 amide bonds. The second-order valence-corrected chi connectivity index (χ2v) is 3.06. The summed E-state index contributed by atoms with van der Waals surface area (Å²) < 4.78 is 4.50. The van der Waals surface area contributed by atoms with Gasteiger partial charge in [-0.15, -0.1) is 11.8 Å². The van der Waals surface area contributed by atoms with Crippen LogP contribution < -0.4 is 5.73 Å². The molecule has 1 aliphatic rings. The van der Waals surface area contributed by atoms with Gasteiger partial charge in [0.1, 0.15) is 0 Å². The predicted molar refractivity (Wildman–Crippen MR) is 40.5 cm³/mol. The van der Waals surface area contributed by atoms with Crippen molar-refractivity contribution in [3.05, 3.63) is 11.0 Å². The van der Waals surface area contributed by atoms with Crippen LogP contribution in [0.5, 0.6) is 0 Å². The number of carbonyl (C=O) groups excluding carboxylic acids is 1. The molecule has 0 aromatic rings. The summed E-state index contributed by atoms with van der Waals surface area (Å²) >= 11 is 1.44. The molecule has 0 aromatic heterocycles. The summed E-state index contributed by atoms with van der Waals surface area (Å²) in [5, 5.41) is 0. The topological polar surface area (TPSA) is 52.3 Å². The van der Waals surface area contributed by atoms with E-state index in [9.17, 15) is 4.79 Å². The first-order chi connectivity index (χ1) is 4.74. The molecule has 0 spiro atoms. The lowest BCUT2D eigenvalue weighted by molar-refractivity contribution is -0.135. The van der Waals surface area contributed by atoms with Crippen molar-refractivity contribution in [1.82, 2.24) is 0 Å². The van der Waals surface area contributed by atoms with Crippen molar-refractivity contribution in [3.63, 3.8) is 0 Å². The first-order valence-electron chi connectivity index (χ1n) is 2.92. The first kappa shape index (κ1) is 7.63. The molecule has 10 heavy (non-hydrogen) atoms. The van der Waals surface area contributed by atoms with Crippen molar-refractivity contribution < 1.29 is 9.53 Å². The number of esters is 1. The third kappa shape index (κ3) is 1.52. The second-order valence-electron chi connectivity index (χ2n) is 2.00. The average Bonchev–Trinajstić information content (AvgIpc) is 2.34. The Balaban J connectivity index is 2.57. The molecule has 1 aliphatic heterocycles. The van der Waals surface area contributed by atoms with Crippen molar-refractivity contribution in [2.24, 2.45) is 5.73 Å². The number of methoxy groups -OCH3 is 1. The number of carbonyl (C=O) groups is 1. The van der Waals surface area contributed by atoms with Crippen LogP contribution in [-0.2, 0) is 9.53 Å². The predicted octanol–water partition coefficient (Wildman–Crippen LogP) is 0.117. The number of rotatable bonds is 1. The van der Waals surface area contributed by atoms with Crippen molar-refractivity contribution in [2.75, 3.05) is 12.9 Å². The van der Waals surface area contributed by atoms with E-state index in [0.29, 0.717) is 4.91 Å². The number of ether oxygens (including phenoxy) is 1. The first-order valence-corrected chi connectivity index (χ1v) is 3.91. The van der Waals surface area contributed by atoms with Gasteiger partial charge in [-0.25, -0.2) is 4.79 Å². The third-order valence-electron chi connectivity index (χ3n) is 1.18. The van der Waals surface area contributed by atoms with Gasteiger partial charge in [-0.3, -0.25) is 0 Å². The zero-order chi connectivity index (χ0) is 7.56. The van der Waals surface area contributed by atoms with E-state index in [1.54, 1.807) is 6.08 Å². The fraction of sp³-hybridized carbons (Fsp3) is 0.500. The minimum Gasteiger partial charge on any atom is -0.465 e. The van der Waals surface area contributed by atoms with Crippen LogP contribution in [0.1, 0.15) is 0 Å². The van der Waals surface area contributed by atoms with E-state index >= 15 is 0 Å². The molecule has 0 radical (unpaired) electrons. The zero-order valence-electron chi connectivity index (χ0n) is 5.66. The minimum atomic E-state index is -0.280.